The third-order valence-electron chi connectivity index (χ3n) is 3.90. The summed E-state index contributed by atoms with van der Waals surface area (Å²) in [5.41, 5.74) is 1.93. The minimum atomic E-state index is -0.590. The van der Waals surface area contributed by atoms with Gasteiger partial charge in [0.1, 0.15) is 5.82 Å². The number of likely N-dealkylation sites (N-methyl/N-ethyl adjacent to an activating group) is 1. The van der Waals surface area contributed by atoms with Gasteiger partial charge < -0.3 is 15.0 Å². The van der Waals surface area contributed by atoms with E-state index >= 15 is 0 Å². The highest BCUT2D eigenvalue weighted by molar-refractivity contribution is 5.80. The lowest BCUT2D eigenvalue weighted by Crippen LogP contribution is -2.33. The molecule has 1 aromatic heterocycles. The molecule has 0 saturated carbocycles. The van der Waals surface area contributed by atoms with Gasteiger partial charge >= 0.3 is 0 Å². The summed E-state index contributed by atoms with van der Waals surface area (Å²) in [5.74, 6) is -0.253. The summed E-state index contributed by atoms with van der Waals surface area (Å²) in [6.45, 7) is 0.473. The number of aliphatic hydroxyl groups is 1. The zero-order valence-electron chi connectivity index (χ0n) is 12.4. The highest BCUT2D eigenvalue weighted by Crippen LogP contribution is 2.28. The topological polar surface area (TPSA) is 37.2 Å². The van der Waals surface area contributed by atoms with E-state index in [-0.39, 0.29) is 11.9 Å². The average Bonchev–Trinajstić information content (AvgIpc) is 2.92. The van der Waals surface area contributed by atoms with Crippen LogP contribution in [0.1, 0.15) is 11.6 Å². The lowest BCUT2D eigenvalue weighted by molar-refractivity contribution is 0.132. The van der Waals surface area contributed by atoms with Crippen LogP contribution in [0.15, 0.2) is 60.8 Å². The quantitative estimate of drug-likeness (QED) is 0.760. The molecule has 3 aromatic rings. The predicted octanol–water partition coefficient (Wildman–Crippen LogP) is 2.95. The Morgan fingerprint density at radius 1 is 1.14 bits per heavy atom. The molecular weight excluding hydrogens is 279 g/mol. The lowest BCUT2D eigenvalue weighted by Gasteiger charge is -2.26. The molecule has 3 rings (SSSR count). The van der Waals surface area contributed by atoms with Gasteiger partial charge in [-0.1, -0.05) is 30.3 Å². The molecule has 2 atom stereocenters. The van der Waals surface area contributed by atoms with E-state index in [0.29, 0.717) is 6.54 Å². The molecule has 0 aliphatic carbocycles. The molecule has 4 heteroatoms. The molecule has 1 heterocycles. The molecule has 0 unspecified atom stereocenters. The van der Waals surface area contributed by atoms with Crippen LogP contribution in [0.25, 0.3) is 10.9 Å². The first kappa shape index (κ1) is 14.8. The number of fused-ring (bicyclic) bond motifs is 1. The summed E-state index contributed by atoms with van der Waals surface area (Å²) in [6, 6.07) is 16.2. The fraction of sp³-hybridized carbons (Fsp3) is 0.222. The third-order valence-corrected chi connectivity index (χ3v) is 3.90. The van der Waals surface area contributed by atoms with Crippen molar-refractivity contribution < 1.29 is 9.50 Å². The van der Waals surface area contributed by atoms with Crippen molar-refractivity contribution in [3.05, 3.63) is 72.2 Å². The first-order chi connectivity index (χ1) is 10.7. The van der Waals surface area contributed by atoms with Crippen molar-refractivity contribution in [1.82, 2.24) is 9.88 Å². The summed E-state index contributed by atoms with van der Waals surface area (Å²) < 4.78 is 15.4. The zero-order valence-corrected chi connectivity index (χ0v) is 12.4. The SMILES string of the molecule is CNC[C@@H](O)[C@H](c1ccccc1)n1ccc2cc(F)ccc21. The Labute approximate surface area is 129 Å². The largest absolute Gasteiger partial charge is 0.389 e. The molecule has 0 aliphatic rings. The number of rotatable bonds is 5. The van der Waals surface area contributed by atoms with Crippen LogP contribution >= 0.6 is 0 Å². The average molecular weight is 298 g/mol. The maximum Gasteiger partial charge on any atom is 0.123 e. The summed E-state index contributed by atoms with van der Waals surface area (Å²) in [6.07, 6.45) is 1.31. The van der Waals surface area contributed by atoms with Crippen LogP contribution in [0.5, 0.6) is 0 Å². The van der Waals surface area contributed by atoms with Gasteiger partial charge in [-0.15, -0.1) is 0 Å². The van der Waals surface area contributed by atoms with Crippen LogP contribution in [0, 0.1) is 5.82 Å². The van der Waals surface area contributed by atoms with Gasteiger partial charge in [0.15, 0.2) is 0 Å². The van der Waals surface area contributed by atoms with Crippen molar-refractivity contribution >= 4 is 10.9 Å². The molecule has 0 fully saturated rings. The van der Waals surface area contributed by atoms with Crippen LogP contribution in [0.3, 0.4) is 0 Å². The van der Waals surface area contributed by atoms with Gasteiger partial charge in [0.05, 0.1) is 12.1 Å². The highest BCUT2D eigenvalue weighted by atomic mass is 19.1. The molecule has 114 valence electrons. The van der Waals surface area contributed by atoms with Crippen molar-refractivity contribution in [2.45, 2.75) is 12.1 Å². The third kappa shape index (κ3) is 2.75. The van der Waals surface area contributed by atoms with Gasteiger partial charge in [-0.05, 0) is 36.9 Å². The maximum atomic E-state index is 13.4. The van der Waals surface area contributed by atoms with Gasteiger partial charge in [0.25, 0.3) is 0 Å². The number of nitrogens with one attached hydrogen (secondary N) is 1. The predicted molar refractivity (Wildman–Crippen MR) is 86.4 cm³/mol. The minimum Gasteiger partial charge on any atom is -0.389 e. The van der Waals surface area contributed by atoms with Crippen LogP contribution in [0.4, 0.5) is 4.39 Å². The molecule has 2 aromatic carbocycles. The Morgan fingerprint density at radius 3 is 2.64 bits per heavy atom. The fourth-order valence-corrected chi connectivity index (χ4v) is 2.92. The van der Waals surface area contributed by atoms with Gasteiger partial charge in [-0.25, -0.2) is 4.39 Å². The van der Waals surface area contributed by atoms with Crippen LogP contribution in [-0.4, -0.2) is 29.4 Å². The second-order valence-electron chi connectivity index (χ2n) is 5.41. The van der Waals surface area contributed by atoms with Crippen molar-refractivity contribution in [2.75, 3.05) is 13.6 Å². The lowest BCUT2D eigenvalue weighted by atomic mass is 10.0. The fourth-order valence-electron chi connectivity index (χ4n) is 2.92. The van der Waals surface area contributed by atoms with E-state index < -0.39 is 6.10 Å². The van der Waals surface area contributed by atoms with E-state index in [0.717, 1.165) is 16.5 Å². The first-order valence-electron chi connectivity index (χ1n) is 7.34. The number of aliphatic hydroxyl groups excluding tert-OH is 1. The van der Waals surface area contributed by atoms with E-state index in [4.69, 9.17) is 0 Å². The molecule has 0 spiro atoms. The Morgan fingerprint density at radius 2 is 1.91 bits per heavy atom. The Bertz CT molecular complexity index is 754. The zero-order chi connectivity index (χ0) is 15.5. The molecule has 3 nitrogen and oxygen atoms in total. The maximum absolute atomic E-state index is 13.4. The van der Waals surface area contributed by atoms with E-state index in [1.165, 1.54) is 12.1 Å². The Kier molecular flexibility index (Phi) is 4.22. The standard InChI is InChI=1S/C18H19FN2O/c1-20-12-17(22)18(13-5-3-2-4-6-13)21-10-9-14-11-15(19)7-8-16(14)21/h2-11,17-18,20,22H,12H2,1H3/t17-,18+/m1/s1. The molecule has 0 radical (unpaired) electrons. The van der Waals surface area contributed by atoms with E-state index in [1.807, 2.05) is 54.2 Å². The van der Waals surface area contributed by atoms with E-state index in [1.54, 1.807) is 6.07 Å². The molecule has 22 heavy (non-hydrogen) atoms. The summed E-state index contributed by atoms with van der Waals surface area (Å²) in [4.78, 5) is 0. The molecule has 0 aliphatic heterocycles. The monoisotopic (exact) mass is 298 g/mol. The van der Waals surface area contributed by atoms with Crippen LogP contribution < -0.4 is 5.32 Å². The van der Waals surface area contributed by atoms with E-state index in [9.17, 15) is 9.50 Å². The van der Waals surface area contributed by atoms with Crippen molar-refractivity contribution in [3.8, 4) is 0 Å². The second-order valence-corrected chi connectivity index (χ2v) is 5.41. The number of halogens is 1. The van der Waals surface area contributed by atoms with E-state index in [2.05, 4.69) is 5.32 Å². The smallest absolute Gasteiger partial charge is 0.123 e. The second kappa shape index (κ2) is 6.30. The van der Waals surface area contributed by atoms with Crippen molar-refractivity contribution in [1.29, 1.82) is 0 Å². The van der Waals surface area contributed by atoms with Gasteiger partial charge in [0.2, 0.25) is 0 Å². The van der Waals surface area contributed by atoms with Crippen LogP contribution in [0.2, 0.25) is 0 Å². The van der Waals surface area contributed by atoms with Gasteiger partial charge in [-0.3, -0.25) is 0 Å². The number of benzene rings is 2. The van der Waals surface area contributed by atoms with Gasteiger partial charge in [0, 0.05) is 23.6 Å². The normalized spacial score (nSPS) is 14.1. The first-order valence-corrected chi connectivity index (χ1v) is 7.34. The van der Waals surface area contributed by atoms with Gasteiger partial charge in [-0.2, -0.15) is 0 Å². The summed E-state index contributed by atoms with van der Waals surface area (Å²) in [7, 11) is 1.81. The summed E-state index contributed by atoms with van der Waals surface area (Å²) in [5, 5.41) is 14.4. The highest BCUT2D eigenvalue weighted by Gasteiger charge is 2.23. The Hall–Kier alpha value is -2.17. The number of hydrogen-bond acceptors (Lipinski definition) is 2. The minimum absolute atomic E-state index is 0.225. The number of hydrogen-bond donors (Lipinski definition) is 2. The van der Waals surface area contributed by atoms with Crippen molar-refractivity contribution in [3.63, 3.8) is 0 Å². The number of aromatic nitrogens is 1. The van der Waals surface area contributed by atoms with Crippen LogP contribution in [-0.2, 0) is 0 Å². The molecular formula is C18H19FN2O. The molecule has 0 bridgehead atoms. The van der Waals surface area contributed by atoms with Crippen molar-refractivity contribution in [2.24, 2.45) is 0 Å². The molecule has 2 N–H and O–H groups in total. The molecule has 0 amide bonds. The number of nitrogens with zero attached hydrogens (tertiary/aromatic N) is 1. The Balaban J connectivity index is 2.11. The summed E-state index contributed by atoms with van der Waals surface area (Å²) >= 11 is 0. The molecule has 0 saturated heterocycles.